The lowest BCUT2D eigenvalue weighted by Crippen LogP contribution is -2.08. The van der Waals surface area contributed by atoms with Crippen molar-refractivity contribution in [3.63, 3.8) is 0 Å². The predicted octanol–water partition coefficient (Wildman–Crippen LogP) is 5.49. The molecule has 4 N–H and O–H groups in total. The van der Waals surface area contributed by atoms with Crippen LogP contribution in [0, 0.1) is 12.3 Å². The van der Waals surface area contributed by atoms with E-state index in [0.29, 0.717) is 0 Å². The first-order valence-corrected chi connectivity index (χ1v) is 10.2. The highest BCUT2D eigenvalue weighted by molar-refractivity contribution is 7.98. The van der Waals surface area contributed by atoms with Crippen LogP contribution in [-0.4, -0.2) is 10.8 Å². The molecular weight excluding hydrogens is 380 g/mol. The third kappa shape index (κ3) is 4.30. The van der Waals surface area contributed by atoms with Crippen LogP contribution in [-0.2, 0) is 5.75 Å². The van der Waals surface area contributed by atoms with E-state index in [1.165, 1.54) is 11.3 Å². The average molecular weight is 395 g/mol. The summed E-state index contributed by atoms with van der Waals surface area (Å²) < 4.78 is 0. The summed E-state index contributed by atoms with van der Waals surface area (Å²) in [6.07, 6.45) is 0. The zero-order valence-corrected chi connectivity index (χ0v) is 16.0. The Bertz CT molecular complexity index is 872. The Labute approximate surface area is 157 Å². The second-order valence-corrected chi connectivity index (χ2v) is 8.33. The fourth-order valence-corrected chi connectivity index (χ4v) is 4.85. The number of nitrogens with one attached hydrogen (secondary N) is 2. The minimum Gasteiger partial charge on any atom is -0.383 e. The Morgan fingerprint density at radius 1 is 1.33 bits per heavy atom. The quantitative estimate of drug-likeness (QED) is 0.293. The summed E-state index contributed by atoms with van der Waals surface area (Å²) >= 11 is 10.7. The number of nitrogens with two attached hydrogens (primary N) is 1. The lowest BCUT2D eigenvalue weighted by molar-refractivity contribution is 1.23. The predicted molar refractivity (Wildman–Crippen MR) is 106 cm³/mol. The van der Waals surface area contributed by atoms with E-state index in [-0.39, 0.29) is 5.84 Å². The number of thiazole rings is 1. The fourth-order valence-electron chi connectivity index (χ4n) is 2.01. The molecule has 3 aromatic rings. The van der Waals surface area contributed by atoms with Crippen LogP contribution in [0.2, 0.25) is 5.02 Å². The number of nitrogens with zero attached hydrogens (tertiary/aromatic N) is 1. The first kappa shape index (κ1) is 17.3. The second kappa shape index (κ2) is 7.57. The minimum atomic E-state index is 0.116. The highest BCUT2D eigenvalue weighted by atomic mass is 35.5. The number of thioether (sulfide) groups is 1. The minimum absolute atomic E-state index is 0.116. The van der Waals surface area contributed by atoms with Gasteiger partial charge in [0.2, 0.25) is 0 Å². The average Bonchev–Trinajstić information content (AvgIpc) is 3.17. The molecule has 124 valence electrons. The normalized spacial score (nSPS) is 10.8. The van der Waals surface area contributed by atoms with Crippen molar-refractivity contribution in [3.8, 4) is 0 Å². The van der Waals surface area contributed by atoms with Crippen LogP contribution in [0.3, 0.4) is 0 Å². The molecule has 0 saturated heterocycles. The smallest absolute Gasteiger partial charge is 0.187 e. The van der Waals surface area contributed by atoms with Gasteiger partial charge in [-0.2, -0.15) is 0 Å². The van der Waals surface area contributed by atoms with Gasteiger partial charge in [-0.25, -0.2) is 4.98 Å². The molecule has 8 heteroatoms. The number of thiophene rings is 1. The van der Waals surface area contributed by atoms with E-state index in [9.17, 15) is 0 Å². The molecule has 0 spiro atoms. The van der Waals surface area contributed by atoms with Crippen LogP contribution in [0.15, 0.2) is 39.9 Å². The zero-order chi connectivity index (χ0) is 17.1. The summed E-state index contributed by atoms with van der Waals surface area (Å²) in [5.74, 6) is 0.900. The number of aromatic nitrogens is 1. The van der Waals surface area contributed by atoms with Crippen molar-refractivity contribution in [1.29, 1.82) is 5.41 Å². The van der Waals surface area contributed by atoms with Gasteiger partial charge in [-0.3, -0.25) is 5.41 Å². The first-order chi connectivity index (χ1) is 11.5. The maximum absolute atomic E-state index is 7.44. The highest BCUT2D eigenvalue weighted by Crippen LogP contribution is 2.30. The van der Waals surface area contributed by atoms with Gasteiger partial charge in [0, 0.05) is 32.1 Å². The molecule has 0 radical (unpaired) electrons. The maximum atomic E-state index is 7.44. The largest absolute Gasteiger partial charge is 0.383 e. The summed E-state index contributed by atoms with van der Waals surface area (Å²) in [6.45, 7) is 2.02. The van der Waals surface area contributed by atoms with Crippen molar-refractivity contribution < 1.29 is 0 Å². The SMILES string of the molecule is Cc1cc(Cl)ccc1Nc1nc(CSc2csc(C(=N)N)c2)cs1. The van der Waals surface area contributed by atoms with E-state index in [4.69, 9.17) is 22.7 Å². The Kier molecular flexibility index (Phi) is 5.45. The number of hydrogen-bond donors (Lipinski definition) is 3. The third-order valence-corrected chi connectivity index (χ3v) is 6.37. The van der Waals surface area contributed by atoms with Gasteiger partial charge in [0.25, 0.3) is 0 Å². The van der Waals surface area contributed by atoms with Gasteiger partial charge in [0.15, 0.2) is 5.13 Å². The van der Waals surface area contributed by atoms with Crippen molar-refractivity contribution >= 4 is 62.7 Å². The number of amidine groups is 1. The Hall–Kier alpha value is -1.54. The molecule has 0 aliphatic carbocycles. The molecule has 0 aliphatic rings. The molecule has 0 amide bonds. The molecule has 1 aromatic carbocycles. The summed E-state index contributed by atoms with van der Waals surface area (Å²) in [7, 11) is 0. The van der Waals surface area contributed by atoms with Crippen LogP contribution >= 0.6 is 46.0 Å². The molecule has 0 atom stereocenters. The van der Waals surface area contributed by atoms with Crippen LogP contribution < -0.4 is 11.1 Å². The van der Waals surface area contributed by atoms with Crippen molar-refractivity contribution in [2.45, 2.75) is 17.6 Å². The van der Waals surface area contributed by atoms with Gasteiger partial charge in [0.05, 0.1) is 10.6 Å². The zero-order valence-electron chi connectivity index (χ0n) is 12.8. The second-order valence-electron chi connectivity index (χ2n) is 5.08. The van der Waals surface area contributed by atoms with E-state index in [1.807, 2.05) is 36.6 Å². The molecule has 0 aliphatic heterocycles. The summed E-state index contributed by atoms with van der Waals surface area (Å²) in [5, 5.41) is 16.4. The lowest BCUT2D eigenvalue weighted by atomic mass is 10.2. The standard InChI is InChI=1S/C16H15ClN4S3/c1-9-4-10(17)2-3-13(9)21-16-20-11(7-24-16)6-22-12-5-14(15(18)19)23-8-12/h2-5,7-8H,6H2,1H3,(H3,18,19)(H,20,21). The first-order valence-electron chi connectivity index (χ1n) is 7.04. The Balaban J connectivity index is 1.61. The van der Waals surface area contributed by atoms with Crippen LogP contribution in [0.25, 0.3) is 0 Å². The van der Waals surface area contributed by atoms with Gasteiger partial charge >= 0.3 is 0 Å². The summed E-state index contributed by atoms with van der Waals surface area (Å²) in [5.41, 5.74) is 8.61. The summed E-state index contributed by atoms with van der Waals surface area (Å²) in [4.78, 5) is 6.53. The van der Waals surface area contributed by atoms with Gasteiger partial charge in [0.1, 0.15) is 5.84 Å². The van der Waals surface area contributed by atoms with Gasteiger partial charge < -0.3 is 11.1 Å². The van der Waals surface area contributed by atoms with Crippen molar-refractivity contribution in [1.82, 2.24) is 4.98 Å². The lowest BCUT2D eigenvalue weighted by Gasteiger charge is -2.06. The van der Waals surface area contributed by atoms with Crippen molar-refractivity contribution in [3.05, 3.63) is 56.2 Å². The van der Waals surface area contributed by atoms with E-state index >= 15 is 0 Å². The molecule has 0 saturated carbocycles. The third-order valence-electron chi connectivity index (χ3n) is 3.21. The number of hydrogen-bond acceptors (Lipinski definition) is 6. The van der Waals surface area contributed by atoms with E-state index < -0.39 is 0 Å². The maximum Gasteiger partial charge on any atom is 0.187 e. The molecule has 3 rings (SSSR count). The number of aryl methyl sites for hydroxylation is 1. The van der Waals surface area contributed by atoms with E-state index in [1.54, 1.807) is 23.1 Å². The molecule has 0 bridgehead atoms. The van der Waals surface area contributed by atoms with E-state index in [0.717, 1.165) is 42.6 Å². The molecular formula is C16H15ClN4S3. The van der Waals surface area contributed by atoms with Gasteiger partial charge in [-0.15, -0.1) is 34.4 Å². The summed E-state index contributed by atoms with van der Waals surface area (Å²) in [6, 6.07) is 7.70. The molecule has 2 aromatic heterocycles. The molecule has 0 unspecified atom stereocenters. The van der Waals surface area contributed by atoms with Crippen LogP contribution in [0.1, 0.15) is 16.1 Å². The van der Waals surface area contributed by atoms with Crippen LogP contribution in [0.5, 0.6) is 0 Å². The fraction of sp³-hybridized carbons (Fsp3) is 0.125. The topological polar surface area (TPSA) is 74.8 Å². The number of anilines is 2. The number of benzene rings is 1. The van der Waals surface area contributed by atoms with Gasteiger partial charge in [-0.05, 0) is 36.8 Å². The molecule has 24 heavy (non-hydrogen) atoms. The van der Waals surface area contributed by atoms with E-state index in [2.05, 4.69) is 15.7 Å². The van der Waals surface area contributed by atoms with Gasteiger partial charge in [-0.1, -0.05) is 11.6 Å². The Morgan fingerprint density at radius 2 is 2.17 bits per heavy atom. The number of rotatable bonds is 6. The highest BCUT2D eigenvalue weighted by Gasteiger charge is 2.07. The van der Waals surface area contributed by atoms with Crippen molar-refractivity contribution in [2.75, 3.05) is 5.32 Å². The molecule has 4 nitrogen and oxygen atoms in total. The van der Waals surface area contributed by atoms with Crippen molar-refractivity contribution in [2.24, 2.45) is 5.73 Å². The monoisotopic (exact) mass is 394 g/mol. The number of nitrogen functional groups attached to an aromatic ring is 1. The molecule has 0 fully saturated rings. The molecule has 2 heterocycles. The number of halogens is 1. The van der Waals surface area contributed by atoms with Crippen LogP contribution in [0.4, 0.5) is 10.8 Å². The Morgan fingerprint density at radius 3 is 2.88 bits per heavy atom.